The molecule has 0 aliphatic carbocycles. The fraction of sp³-hybridized carbons (Fsp3) is 0.143. The highest BCUT2D eigenvalue weighted by Gasteiger charge is 2.03. The molecule has 0 aromatic heterocycles. The number of hydrogen-bond donors (Lipinski definition) is 0. The Kier molecular flexibility index (Phi) is 3.94. The standard InChI is InChI=1S/C14H14O2S/c1-12-7-9-14(10-8-12)16-17(15)11-13-5-3-2-4-6-13/h2-10H,11H2,1H3. The lowest BCUT2D eigenvalue weighted by atomic mass is 10.2. The van der Waals surface area contributed by atoms with Gasteiger partial charge < -0.3 is 4.18 Å². The van der Waals surface area contributed by atoms with Gasteiger partial charge in [0.15, 0.2) is 0 Å². The minimum Gasteiger partial charge on any atom is -0.400 e. The van der Waals surface area contributed by atoms with Crippen molar-refractivity contribution in [3.63, 3.8) is 0 Å². The van der Waals surface area contributed by atoms with Gasteiger partial charge in [-0.25, -0.2) is 4.21 Å². The first kappa shape index (κ1) is 11.9. The third kappa shape index (κ3) is 3.71. The van der Waals surface area contributed by atoms with Gasteiger partial charge in [-0.15, -0.1) is 0 Å². The van der Waals surface area contributed by atoms with Crippen LogP contribution in [0.25, 0.3) is 0 Å². The van der Waals surface area contributed by atoms with Crippen molar-refractivity contribution < 1.29 is 8.39 Å². The molecule has 0 saturated carbocycles. The SMILES string of the molecule is Cc1ccc(OS(=O)Cc2ccccc2)cc1. The molecule has 88 valence electrons. The van der Waals surface area contributed by atoms with Crippen molar-refractivity contribution in [1.82, 2.24) is 0 Å². The van der Waals surface area contributed by atoms with Gasteiger partial charge in [0.1, 0.15) is 5.75 Å². The molecule has 0 amide bonds. The Bertz CT molecular complexity index is 491. The van der Waals surface area contributed by atoms with E-state index in [1.807, 2.05) is 61.5 Å². The lowest BCUT2D eigenvalue weighted by Crippen LogP contribution is -2.03. The zero-order valence-electron chi connectivity index (χ0n) is 9.63. The fourth-order valence-corrected chi connectivity index (χ4v) is 2.29. The molecule has 0 fully saturated rings. The fourth-order valence-electron chi connectivity index (χ4n) is 1.44. The lowest BCUT2D eigenvalue weighted by molar-refractivity contribution is 0.561. The van der Waals surface area contributed by atoms with Gasteiger partial charge in [-0.2, -0.15) is 0 Å². The molecule has 0 heterocycles. The van der Waals surface area contributed by atoms with Crippen molar-refractivity contribution in [2.75, 3.05) is 0 Å². The van der Waals surface area contributed by atoms with Gasteiger partial charge in [0.25, 0.3) is 0 Å². The molecule has 0 N–H and O–H groups in total. The summed E-state index contributed by atoms with van der Waals surface area (Å²) in [4.78, 5) is 0. The molecular weight excluding hydrogens is 232 g/mol. The van der Waals surface area contributed by atoms with Crippen LogP contribution in [0.15, 0.2) is 54.6 Å². The average molecular weight is 246 g/mol. The van der Waals surface area contributed by atoms with E-state index in [-0.39, 0.29) is 0 Å². The molecule has 0 aliphatic heterocycles. The van der Waals surface area contributed by atoms with Crippen LogP contribution >= 0.6 is 0 Å². The Morgan fingerprint density at radius 1 is 1.00 bits per heavy atom. The number of hydrogen-bond acceptors (Lipinski definition) is 2. The molecule has 2 rings (SSSR count). The largest absolute Gasteiger partial charge is 0.400 e. The summed E-state index contributed by atoms with van der Waals surface area (Å²) >= 11 is -1.33. The summed E-state index contributed by atoms with van der Waals surface area (Å²) in [6, 6.07) is 17.2. The summed E-state index contributed by atoms with van der Waals surface area (Å²) in [6.07, 6.45) is 0. The van der Waals surface area contributed by atoms with Crippen LogP contribution in [0, 0.1) is 6.92 Å². The van der Waals surface area contributed by atoms with Crippen molar-refractivity contribution in [3.05, 3.63) is 65.7 Å². The van der Waals surface area contributed by atoms with Gasteiger partial charge in [-0.05, 0) is 24.6 Å². The molecule has 0 aliphatic rings. The molecule has 1 atom stereocenters. The Balaban J connectivity index is 1.96. The highest BCUT2D eigenvalue weighted by Crippen LogP contribution is 2.14. The first-order valence-electron chi connectivity index (χ1n) is 5.41. The Morgan fingerprint density at radius 3 is 2.29 bits per heavy atom. The van der Waals surface area contributed by atoms with Crippen molar-refractivity contribution in [2.45, 2.75) is 12.7 Å². The predicted octanol–water partition coefficient (Wildman–Crippen LogP) is 3.24. The molecule has 3 heteroatoms. The first-order chi connectivity index (χ1) is 8.24. The highest BCUT2D eigenvalue weighted by molar-refractivity contribution is 7.79. The Hall–Kier alpha value is -1.61. The second kappa shape index (κ2) is 5.64. The van der Waals surface area contributed by atoms with Gasteiger partial charge in [-0.3, -0.25) is 0 Å². The molecule has 0 spiro atoms. The van der Waals surface area contributed by atoms with Crippen LogP contribution in [-0.2, 0) is 16.8 Å². The minimum absolute atomic E-state index is 0.411. The van der Waals surface area contributed by atoms with E-state index in [4.69, 9.17) is 4.18 Å². The van der Waals surface area contributed by atoms with Gasteiger partial charge in [0.2, 0.25) is 11.1 Å². The van der Waals surface area contributed by atoms with E-state index in [2.05, 4.69) is 0 Å². The van der Waals surface area contributed by atoms with Gasteiger partial charge in [0.05, 0.1) is 5.75 Å². The zero-order valence-corrected chi connectivity index (χ0v) is 10.4. The second-order valence-electron chi connectivity index (χ2n) is 3.83. The predicted molar refractivity (Wildman–Crippen MR) is 70.1 cm³/mol. The van der Waals surface area contributed by atoms with Crippen LogP contribution in [0.5, 0.6) is 5.75 Å². The number of benzene rings is 2. The van der Waals surface area contributed by atoms with Crippen LogP contribution in [0.4, 0.5) is 0 Å². The third-order valence-electron chi connectivity index (χ3n) is 2.34. The first-order valence-corrected chi connectivity index (χ1v) is 6.66. The van der Waals surface area contributed by atoms with Crippen LogP contribution in [-0.4, -0.2) is 4.21 Å². The van der Waals surface area contributed by atoms with E-state index >= 15 is 0 Å². The van der Waals surface area contributed by atoms with Crippen LogP contribution in [0.2, 0.25) is 0 Å². The van der Waals surface area contributed by atoms with Crippen LogP contribution in [0.3, 0.4) is 0 Å². The van der Waals surface area contributed by atoms with E-state index in [1.165, 1.54) is 0 Å². The molecule has 2 nitrogen and oxygen atoms in total. The number of rotatable bonds is 4. The molecular formula is C14H14O2S. The monoisotopic (exact) mass is 246 g/mol. The molecule has 2 aromatic carbocycles. The highest BCUT2D eigenvalue weighted by atomic mass is 32.2. The Labute approximate surface area is 104 Å². The van der Waals surface area contributed by atoms with Crippen LogP contribution in [0.1, 0.15) is 11.1 Å². The maximum atomic E-state index is 11.8. The van der Waals surface area contributed by atoms with Gasteiger partial charge in [-0.1, -0.05) is 48.0 Å². The topological polar surface area (TPSA) is 26.3 Å². The van der Waals surface area contributed by atoms with E-state index in [9.17, 15) is 4.21 Å². The van der Waals surface area contributed by atoms with Crippen molar-refractivity contribution in [3.8, 4) is 5.75 Å². The van der Waals surface area contributed by atoms with Crippen molar-refractivity contribution in [1.29, 1.82) is 0 Å². The summed E-state index contributed by atoms with van der Waals surface area (Å²) in [7, 11) is 0. The second-order valence-corrected chi connectivity index (χ2v) is 4.89. The van der Waals surface area contributed by atoms with E-state index in [0.29, 0.717) is 11.5 Å². The van der Waals surface area contributed by atoms with E-state index in [1.54, 1.807) is 0 Å². The normalized spacial score (nSPS) is 12.1. The third-order valence-corrected chi connectivity index (χ3v) is 3.28. The van der Waals surface area contributed by atoms with E-state index < -0.39 is 11.1 Å². The molecule has 0 bridgehead atoms. The van der Waals surface area contributed by atoms with Gasteiger partial charge in [0, 0.05) is 0 Å². The van der Waals surface area contributed by atoms with Crippen LogP contribution < -0.4 is 4.18 Å². The molecule has 0 saturated heterocycles. The van der Waals surface area contributed by atoms with E-state index in [0.717, 1.165) is 11.1 Å². The Morgan fingerprint density at radius 2 is 1.65 bits per heavy atom. The summed E-state index contributed by atoms with van der Waals surface area (Å²) in [5.74, 6) is 1.05. The maximum absolute atomic E-state index is 11.8. The smallest absolute Gasteiger partial charge is 0.211 e. The van der Waals surface area contributed by atoms with Crippen molar-refractivity contribution >= 4 is 11.1 Å². The summed E-state index contributed by atoms with van der Waals surface area (Å²) in [6.45, 7) is 2.00. The van der Waals surface area contributed by atoms with Crippen molar-refractivity contribution in [2.24, 2.45) is 0 Å². The summed E-state index contributed by atoms with van der Waals surface area (Å²) < 4.78 is 17.1. The maximum Gasteiger partial charge on any atom is 0.211 e. The lowest BCUT2D eigenvalue weighted by Gasteiger charge is -2.05. The van der Waals surface area contributed by atoms with Gasteiger partial charge >= 0.3 is 0 Å². The zero-order chi connectivity index (χ0) is 12.1. The average Bonchev–Trinajstić information content (AvgIpc) is 2.33. The summed E-state index contributed by atoms with van der Waals surface area (Å²) in [5.41, 5.74) is 2.17. The summed E-state index contributed by atoms with van der Waals surface area (Å²) in [5, 5.41) is 0. The quantitative estimate of drug-likeness (QED) is 0.828. The molecule has 0 radical (unpaired) electrons. The minimum atomic E-state index is -1.33. The molecule has 1 unspecified atom stereocenters. The molecule has 17 heavy (non-hydrogen) atoms. The molecule has 2 aromatic rings. The number of aryl methyl sites for hydroxylation is 1.